The Morgan fingerprint density at radius 2 is 2.19 bits per heavy atom. The first kappa shape index (κ1) is 13.1. The first-order valence-electron chi connectivity index (χ1n) is 5.30. The van der Waals surface area contributed by atoms with Gasteiger partial charge >= 0.3 is 0 Å². The molecule has 0 aliphatic carbocycles. The first-order chi connectivity index (χ1) is 7.76. The molecule has 0 bridgehead atoms. The van der Waals surface area contributed by atoms with Crippen molar-refractivity contribution in [2.24, 2.45) is 5.84 Å². The normalized spacial score (nSPS) is 13.3. The number of hydrazine groups is 1. The molecule has 1 rings (SSSR count). The Balaban J connectivity index is 2.77. The number of hydrogen-bond donors (Lipinski definition) is 2. The molecule has 1 aromatic rings. The van der Waals surface area contributed by atoms with Crippen molar-refractivity contribution in [2.45, 2.75) is 32.2 Å². The Kier molecular flexibility index (Phi) is 5.41. The molecule has 1 atom stereocenters. The molecule has 0 spiro atoms. The fourth-order valence-electron chi connectivity index (χ4n) is 1.59. The standard InChI is InChI=1S/C10H20N4O2/c1-4-5-14-7-8(6-12-14)9(13-11)10(15-2)16-3/h6-7,9-10,13H,4-5,11H2,1-3H3. The minimum atomic E-state index is -0.427. The van der Waals surface area contributed by atoms with E-state index in [1.165, 1.54) is 0 Å². The van der Waals surface area contributed by atoms with Crippen LogP contribution in [0.1, 0.15) is 24.9 Å². The fourth-order valence-corrected chi connectivity index (χ4v) is 1.59. The van der Waals surface area contributed by atoms with Crippen LogP contribution in [0.4, 0.5) is 0 Å². The van der Waals surface area contributed by atoms with Gasteiger partial charge in [0.05, 0.1) is 12.2 Å². The second kappa shape index (κ2) is 6.59. The number of nitrogens with zero attached hydrogens (tertiary/aromatic N) is 2. The fraction of sp³-hybridized carbons (Fsp3) is 0.700. The van der Waals surface area contributed by atoms with E-state index in [9.17, 15) is 0 Å². The summed E-state index contributed by atoms with van der Waals surface area (Å²) in [6.07, 6.45) is 4.33. The molecule has 0 radical (unpaired) electrons. The van der Waals surface area contributed by atoms with Crippen molar-refractivity contribution in [3.8, 4) is 0 Å². The number of hydrogen-bond acceptors (Lipinski definition) is 5. The van der Waals surface area contributed by atoms with Crippen molar-refractivity contribution >= 4 is 0 Å². The maximum atomic E-state index is 5.49. The Morgan fingerprint density at radius 1 is 1.50 bits per heavy atom. The summed E-state index contributed by atoms with van der Waals surface area (Å²) < 4.78 is 12.2. The topological polar surface area (TPSA) is 74.3 Å². The van der Waals surface area contributed by atoms with Crippen LogP contribution in [0.3, 0.4) is 0 Å². The van der Waals surface area contributed by atoms with Gasteiger partial charge in [0.2, 0.25) is 0 Å². The lowest BCUT2D eigenvalue weighted by Gasteiger charge is -2.22. The van der Waals surface area contributed by atoms with Crippen molar-refractivity contribution in [1.29, 1.82) is 0 Å². The molecule has 0 saturated heterocycles. The zero-order valence-electron chi connectivity index (χ0n) is 10.0. The predicted molar refractivity (Wildman–Crippen MR) is 60.4 cm³/mol. The third kappa shape index (κ3) is 3.02. The maximum Gasteiger partial charge on any atom is 0.177 e. The van der Waals surface area contributed by atoms with Crippen LogP contribution in [0.5, 0.6) is 0 Å². The van der Waals surface area contributed by atoms with Gasteiger partial charge in [-0.1, -0.05) is 6.92 Å². The van der Waals surface area contributed by atoms with Crippen LogP contribution >= 0.6 is 0 Å². The highest BCUT2D eigenvalue weighted by atomic mass is 16.7. The molecule has 0 aliphatic rings. The van der Waals surface area contributed by atoms with Gasteiger partial charge in [-0.05, 0) is 6.42 Å². The molecule has 1 aromatic heterocycles. The van der Waals surface area contributed by atoms with Crippen LogP contribution < -0.4 is 11.3 Å². The molecule has 0 aromatic carbocycles. The zero-order valence-corrected chi connectivity index (χ0v) is 10.0. The highest BCUT2D eigenvalue weighted by molar-refractivity contribution is 5.11. The van der Waals surface area contributed by atoms with Gasteiger partial charge < -0.3 is 9.47 Å². The van der Waals surface area contributed by atoms with Crippen molar-refractivity contribution in [3.05, 3.63) is 18.0 Å². The minimum absolute atomic E-state index is 0.222. The van der Waals surface area contributed by atoms with Gasteiger partial charge in [-0.15, -0.1) is 0 Å². The molecular formula is C10H20N4O2. The lowest BCUT2D eigenvalue weighted by atomic mass is 10.1. The monoisotopic (exact) mass is 228 g/mol. The number of nitrogens with one attached hydrogen (secondary N) is 1. The first-order valence-corrected chi connectivity index (χ1v) is 5.30. The Bertz CT molecular complexity index is 299. The van der Waals surface area contributed by atoms with E-state index in [4.69, 9.17) is 15.3 Å². The predicted octanol–water partition coefficient (Wildman–Crippen LogP) is 0.416. The average molecular weight is 228 g/mol. The van der Waals surface area contributed by atoms with Crippen LogP contribution in [0.25, 0.3) is 0 Å². The summed E-state index contributed by atoms with van der Waals surface area (Å²) in [6, 6.07) is -0.222. The van der Waals surface area contributed by atoms with Crippen LogP contribution in [0.15, 0.2) is 12.4 Å². The quantitative estimate of drug-likeness (QED) is 0.402. The zero-order chi connectivity index (χ0) is 12.0. The lowest BCUT2D eigenvalue weighted by Crippen LogP contribution is -2.38. The van der Waals surface area contributed by atoms with E-state index in [0.29, 0.717) is 0 Å². The maximum absolute atomic E-state index is 5.49. The number of rotatable bonds is 7. The van der Waals surface area contributed by atoms with Gasteiger partial charge in [0.15, 0.2) is 6.29 Å². The Labute approximate surface area is 95.7 Å². The van der Waals surface area contributed by atoms with E-state index in [1.54, 1.807) is 20.4 Å². The molecule has 1 unspecified atom stereocenters. The number of nitrogens with two attached hydrogens (primary N) is 1. The summed E-state index contributed by atoms with van der Waals surface area (Å²) in [5.41, 5.74) is 3.62. The van der Waals surface area contributed by atoms with Crippen molar-refractivity contribution in [3.63, 3.8) is 0 Å². The van der Waals surface area contributed by atoms with Gasteiger partial charge in [0.1, 0.15) is 0 Å². The molecule has 1 heterocycles. The highest BCUT2D eigenvalue weighted by Crippen LogP contribution is 2.18. The minimum Gasteiger partial charge on any atom is -0.354 e. The SMILES string of the molecule is CCCn1cc(C(NN)C(OC)OC)cn1. The summed E-state index contributed by atoms with van der Waals surface area (Å²) in [7, 11) is 3.16. The van der Waals surface area contributed by atoms with Crippen molar-refractivity contribution in [1.82, 2.24) is 15.2 Å². The molecular weight excluding hydrogens is 208 g/mol. The molecule has 0 aliphatic heterocycles. The van der Waals surface area contributed by atoms with E-state index in [-0.39, 0.29) is 6.04 Å². The van der Waals surface area contributed by atoms with E-state index in [0.717, 1.165) is 18.5 Å². The molecule has 0 amide bonds. The summed E-state index contributed by atoms with van der Waals surface area (Å²) in [5.74, 6) is 5.49. The summed E-state index contributed by atoms with van der Waals surface area (Å²) in [4.78, 5) is 0. The second-order valence-electron chi connectivity index (χ2n) is 3.52. The van der Waals surface area contributed by atoms with Gasteiger partial charge in [-0.3, -0.25) is 10.5 Å². The average Bonchev–Trinajstić information content (AvgIpc) is 2.74. The summed E-state index contributed by atoms with van der Waals surface area (Å²) in [5, 5.41) is 4.24. The van der Waals surface area contributed by atoms with Crippen molar-refractivity contribution < 1.29 is 9.47 Å². The van der Waals surface area contributed by atoms with Crippen LogP contribution in [0, 0.1) is 0 Å². The largest absolute Gasteiger partial charge is 0.354 e. The van der Waals surface area contributed by atoms with E-state index in [1.807, 2.05) is 10.9 Å². The number of ether oxygens (including phenoxy) is 2. The van der Waals surface area contributed by atoms with E-state index in [2.05, 4.69) is 17.4 Å². The molecule has 3 N–H and O–H groups in total. The lowest BCUT2D eigenvalue weighted by molar-refractivity contribution is -0.124. The summed E-state index contributed by atoms with van der Waals surface area (Å²) >= 11 is 0. The molecule has 0 fully saturated rings. The smallest absolute Gasteiger partial charge is 0.177 e. The third-order valence-corrected chi connectivity index (χ3v) is 2.38. The molecule has 92 valence electrons. The number of methoxy groups -OCH3 is 2. The highest BCUT2D eigenvalue weighted by Gasteiger charge is 2.22. The molecule has 16 heavy (non-hydrogen) atoms. The van der Waals surface area contributed by atoms with Gasteiger partial charge in [0, 0.05) is 32.5 Å². The van der Waals surface area contributed by atoms with Gasteiger partial charge in [-0.25, -0.2) is 5.43 Å². The Morgan fingerprint density at radius 3 is 2.69 bits per heavy atom. The van der Waals surface area contributed by atoms with Crippen molar-refractivity contribution in [2.75, 3.05) is 14.2 Å². The van der Waals surface area contributed by atoms with Crippen LogP contribution in [-0.4, -0.2) is 30.3 Å². The molecule has 0 saturated carbocycles. The number of aromatic nitrogens is 2. The number of aryl methyl sites for hydroxylation is 1. The van der Waals surface area contributed by atoms with Crippen LogP contribution in [0.2, 0.25) is 0 Å². The van der Waals surface area contributed by atoms with Gasteiger partial charge in [-0.2, -0.15) is 5.10 Å². The van der Waals surface area contributed by atoms with Crippen LogP contribution in [-0.2, 0) is 16.0 Å². The Hall–Kier alpha value is -0.950. The van der Waals surface area contributed by atoms with E-state index >= 15 is 0 Å². The summed E-state index contributed by atoms with van der Waals surface area (Å²) in [6.45, 7) is 3.00. The van der Waals surface area contributed by atoms with Gasteiger partial charge in [0.25, 0.3) is 0 Å². The van der Waals surface area contributed by atoms with E-state index < -0.39 is 6.29 Å². The molecule has 6 heteroatoms. The molecule has 6 nitrogen and oxygen atoms in total. The second-order valence-corrected chi connectivity index (χ2v) is 3.52. The third-order valence-electron chi connectivity index (χ3n) is 2.38.